The fraction of sp³-hybridized carbons (Fsp3) is 0.389. The molecule has 2 aromatic rings. The zero-order valence-corrected chi connectivity index (χ0v) is 17.2. The Morgan fingerprint density at radius 3 is 2.56 bits per heavy atom. The van der Waals surface area contributed by atoms with Gasteiger partial charge in [-0.2, -0.15) is 11.3 Å². The SMILES string of the molecule is COc1ccc(S(=O)(=O)NCCC(=O)NC(C)Cc2ccsc2)cc1OC. The molecule has 0 radical (unpaired) electrons. The number of benzene rings is 1. The summed E-state index contributed by atoms with van der Waals surface area (Å²) in [6.07, 6.45) is 0.799. The largest absolute Gasteiger partial charge is 0.493 e. The van der Waals surface area contributed by atoms with Gasteiger partial charge in [0.2, 0.25) is 15.9 Å². The van der Waals surface area contributed by atoms with Crippen LogP contribution in [-0.2, 0) is 21.2 Å². The Bertz CT molecular complexity index is 851. The molecule has 0 bridgehead atoms. The molecule has 27 heavy (non-hydrogen) atoms. The molecule has 1 atom stereocenters. The number of sulfonamides is 1. The van der Waals surface area contributed by atoms with E-state index in [1.54, 1.807) is 11.3 Å². The lowest BCUT2D eigenvalue weighted by atomic mass is 10.1. The zero-order chi connectivity index (χ0) is 19.9. The van der Waals surface area contributed by atoms with E-state index in [1.807, 2.05) is 23.8 Å². The number of nitrogens with one attached hydrogen (secondary N) is 2. The maximum Gasteiger partial charge on any atom is 0.240 e. The van der Waals surface area contributed by atoms with Crippen LogP contribution in [0.2, 0.25) is 0 Å². The van der Waals surface area contributed by atoms with Crippen LogP contribution in [0.4, 0.5) is 0 Å². The van der Waals surface area contributed by atoms with Gasteiger partial charge in [-0.05, 0) is 47.9 Å². The van der Waals surface area contributed by atoms with Crippen LogP contribution < -0.4 is 19.5 Å². The maximum absolute atomic E-state index is 12.4. The van der Waals surface area contributed by atoms with Crippen LogP contribution in [0.3, 0.4) is 0 Å². The molecule has 2 rings (SSSR count). The van der Waals surface area contributed by atoms with E-state index < -0.39 is 10.0 Å². The molecule has 0 fully saturated rings. The molecule has 0 aliphatic heterocycles. The van der Waals surface area contributed by atoms with Crippen molar-refractivity contribution in [2.24, 2.45) is 0 Å². The Morgan fingerprint density at radius 1 is 1.19 bits per heavy atom. The topological polar surface area (TPSA) is 93.7 Å². The Morgan fingerprint density at radius 2 is 1.93 bits per heavy atom. The van der Waals surface area contributed by atoms with Gasteiger partial charge in [0, 0.05) is 25.1 Å². The van der Waals surface area contributed by atoms with E-state index in [2.05, 4.69) is 10.0 Å². The van der Waals surface area contributed by atoms with Crippen LogP contribution in [-0.4, -0.2) is 41.1 Å². The van der Waals surface area contributed by atoms with Crippen LogP contribution in [0.25, 0.3) is 0 Å². The van der Waals surface area contributed by atoms with Crippen LogP contribution in [0.5, 0.6) is 11.5 Å². The molecular weight excluding hydrogens is 388 g/mol. The molecule has 0 aliphatic carbocycles. The second kappa shape index (κ2) is 9.72. The Hall–Kier alpha value is -2.10. The highest BCUT2D eigenvalue weighted by atomic mass is 32.2. The lowest BCUT2D eigenvalue weighted by molar-refractivity contribution is -0.121. The van der Waals surface area contributed by atoms with Gasteiger partial charge in [0.15, 0.2) is 11.5 Å². The number of carbonyl (C=O) groups is 1. The average molecular weight is 413 g/mol. The Labute approximate surface area is 163 Å². The number of amides is 1. The molecule has 0 spiro atoms. The average Bonchev–Trinajstić information content (AvgIpc) is 3.13. The van der Waals surface area contributed by atoms with E-state index in [4.69, 9.17) is 9.47 Å². The minimum absolute atomic E-state index is 0.00762. The quantitative estimate of drug-likeness (QED) is 0.624. The first-order valence-corrected chi connectivity index (χ1v) is 10.8. The van der Waals surface area contributed by atoms with E-state index in [-0.39, 0.29) is 29.8 Å². The van der Waals surface area contributed by atoms with Crippen molar-refractivity contribution in [1.82, 2.24) is 10.0 Å². The summed E-state index contributed by atoms with van der Waals surface area (Å²) in [6, 6.07) is 6.32. The summed E-state index contributed by atoms with van der Waals surface area (Å²) in [4.78, 5) is 12.1. The molecule has 7 nitrogen and oxygen atoms in total. The highest BCUT2D eigenvalue weighted by Crippen LogP contribution is 2.29. The van der Waals surface area contributed by atoms with Crippen molar-refractivity contribution < 1.29 is 22.7 Å². The van der Waals surface area contributed by atoms with Gasteiger partial charge in [0.05, 0.1) is 19.1 Å². The van der Waals surface area contributed by atoms with Gasteiger partial charge in [0.25, 0.3) is 0 Å². The van der Waals surface area contributed by atoms with Crippen molar-refractivity contribution in [3.05, 3.63) is 40.6 Å². The smallest absolute Gasteiger partial charge is 0.240 e. The second-order valence-electron chi connectivity index (χ2n) is 5.97. The predicted octanol–water partition coefficient (Wildman–Crippen LogP) is 2.18. The number of hydrogen-bond donors (Lipinski definition) is 2. The number of ether oxygens (including phenoxy) is 2. The first-order valence-electron chi connectivity index (χ1n) is 8.38. The van der Waals surface area contributed by atoms with Crippen LogP contribution >= 0.6 is 11.3 Å². The molecule has 9 heteroatoms. The van der Waals surface area contributed by atoms with Crippen molar-refractivity contribution in [3.63, 3.8) is 0 Å². The number of rotatable bonds is 10. The highest BCUT2D eigenvalue weighted by molar-refractivity contribution is 7.89. The summed E-state index contributed by atoms with van der Waals surface area (Å²) in [5.41, 5.74) is 1.17. The van der Waals surface area contributed by atoms with Gasteiger partial charge in [-0.1, -0.05) is 0 Å². The van der Waals surface area contributed by atoms with Crippen molar-refractivity contribution in [2.75, 3.05) is 20.8 Å². The van der Waals surface area contributed by atoms with Gasteiger partial charge in [0.1, 0.15) is 0 Å². The third-order valence-electron chi connectivity index (χ3n) is 3.84. The summed E-state index contributed by atoms with van der Waals surface area (Å²) in [7, 11) is -0.839. The lowest BCUT2D eigenvalue weighted by Crippen LogP contribution is -2.36. The van der Waals surface area contributed by atoms with Gasteiger partial charge in [-0.25, -0.2) is 13.1 Å². The number of carbonyl (C=O) groups excluding carboxylic acids is 1. The molecule has 148 valence electrons. The summed E-state index contributed by atoms with van der Waals surface area (Å²) in [5, 5.41) is 6.91. The molecule has 1 aromatic heterocycles. The van der Waals surface area contributed by atoms with Gasteiger partial charge in [-0.3, -0.25) is 4.79 Å². The molecule has 1 heterocycles. The first-order chi connectivity index (χ1) is 12.9. The normalized spacial score (nSPS) is 12.4. The third kappa shape index (κ3) is 6.23. The molecule has 1 aromatic carbocycles. The predicted molar refractivity (Wildman–Crippen MR) is 105 cm³/mol. The second-order valence-corrected chi connectivity index (χ2v) is 8.52. The van der Waals surface area contributed by atoms with Gasteiger partial charge < -0.3 is 14.8 Å². The summed E-state index contributed by atoms with van der Waals surface area (Å²) < 4.78 is 37.4. The van der Waals surface area contributed by atoms with Crippen LogP contribution in [0.15, 0.2) is 39.9 Å². The van der Waals surface area contributed by atoms with Crippen molar-refractivity contribution in [2.45, 2.75) is 30.7 Å². The molecule has 1 amide bonds. The maximum atomic E-state index is 12.4. The number of methoxy groups -OCH3 is 2. The lowest BCUT2D eigenvalue weighted by Gasteiger charge is -2.14. The van der Waals surface area contributed by atoms with Crippen molar-refractivity contribution >= 4 is 27.3 Å². The van der Waals surface area contributed by atoms with Gasteiger partial charge in [-0.15, -0.1) is 0 Å². The molecule has 0 saturated carbocycles. The van der Waals surface area contributed by atoms with E-state index in [0.717, 1.165) is 6.42 Å². The standard InChI is InChI=1S/C18H24N2O5S2/c1-13(10-14-7-9-26-12-14)20-18(21)6-8-19-27(22,23)15-4-5-16(24-2)17(11-15)25-3/h4-5,7,9,11-13,19H,6,8,10H2,1-3H3,(H,20,21). The van der Waals surface area contributed by atoms with E-state index in [9.17, 15) is 13.2 Å². The minimum Gasteiger partial charge on any atom is -0.493 e. The first kappa shape index (κ1) is 21.2. The Kier molecular flexibility index (Phi) is 7.64. The molecular formula is C18H24N2O5S2. The molecule has 2 N–H and O–H groups in total. The van der Waals surface area contributed by atoms with Crippen molar-refractivity contribution in [1.29, 1.82) is 0 Å². The van der Waals surface area contributed by atoms with E-state index in [0.29, 0.717) is 11.5 Å². The molecule has 0 aliphatic rings. The molecule has 0 saturated heterocycles. The monoisotopic (exact) mass is 412 g/mol. The zero-order valence-electron chi connectivity index (χ0n) is 15.5. The van der Waals surface area contributed by atoms with E-state index >= 15 is 0 Å². The number of thiophene rings is 1. The highest BCUT2D eigenvalue weighted by Gasteiger charge is 2.17. The van der Waals surface area contributed by atoms with Gasteiger partial charge >= 0.3 is 0 Å². The van der Waals surface area contributed by atoms with Crippen molar-refractivity contribution in [3.8, 4) is 11.5 Å². The summed E-state index contributed by atoms with van der Waals surface area (Å²) in [6.45, 7) is 1.93. The van der Waals surface area contributed by atoms with Crippen LogP contribution in [0, 0.1) is 0 Å². The number of hydrogen-bond acceptors (Lipinski definition) is 6. The summed E-state index contributed by atoms with van der Waals surface area (Å²) in [5.74, 6) is 0.559. The van der Waals surface area contributed by atoms with Crippen LogP contribution in [0.1, 0.15) is 18.9 Å². The Balaban J connectivity index is 1.85. The summed E-state index contributed by atoms with van der Waals surface area (Å²) >= 11 is 1.61. The molecule has 1 unspecified atom stereocenters. The fourth-order valence-corrected chi connectivity index (χ4v) is 4.25. The third-order valence-corrected chi connectivity index (χ3v) is 6.03. The minimum atomic E-state index is -3.75. The van der Waals surface area contributed by atoms with E-state index in [1.165, 1.54) is 38.0 Å². The fourth-order valence-electron chi connectivity index (χ4n) is 2.53.